The molecule has 5 nitrogen and oxygen atoms in total. The van der Waals surface area contributed by atoms with Crippen LogP contribution < -0.4 is 9.64 Å². The topological polar surface area (TPSA) is 55.8 Å². The van der Waals surface area contributed by atoms with Crippen LogP contribution in [0.3, 0.4) is 0 Å². The minimum Gasteiger partial charge on any atom is -0.480 e. The van der Waals surface area contributed by atoms with Crippen molar-refractivity contribution >= 4 is 29.2 Å². The molecule has 1 aliphatic heterocycles. The average Bonchev–Trinajstić information content (AvgIpc) is 2.96. The van der Waals surface area contributed by atoms with Gasteiger partial charge in [0.05, 0.1) is 17.3 Å². The van der Waals surface area contributed by atoms with Gasteiger partial charge < -0.3 is 9.47 Å². The van der Waals surface area contributed by atoms with E-state index in [0.717, 1.165) is 50.2 Å². The van der Waals surface area contributed by atoms with Crippen molar-refractivity contribution in [2.24, 2.45) is 0 Å². The third kappa shape index (κ3) is 4.64. The Morgan fingerprint density at radius 3 is 2.66 bits per heavy atom. The van der Waals surface area contributed by atoms with E-state index in [1.807, 2.05) is 0 Å². The van der Waals surface area contributed by atoms with Crippen molar-refractivity contribution in [1.29, 1.82) is 0 Å². The molecule has 2 aliphatic rings. The van der Waals surface area contributed by atoms with Gasteiger partial charge in [-0.1, -0.05) is 37.9 Å². The number of rotatable bonds is 8. The Bertz CT molecular complexity index is 837. The van der Waals surface area contributed by atoms with Gasteiger partial charge in [-0.05, 0) is 43.7 Å². The average molecular weight is 422 g/mol. The van der Waals surface area contributed by atoms with Gasteiger partial charge in [0.1, 0.15) is 11.6 Å². The van der Waals surface area contributed by atoms with E-state index in [4.69, 9.17) is 21.1 Å². The number of ether oxygens (including phenoxy) is 2. The summed E-state index contributed by atoms with van der Waals surface area (Å²) in [5, 5.41) is 0.0139. The summed E-state index contributed by atoms with van der Waals surface area (Å²) >= 11 is 6.08. The zero-order chi connectivity index (χ0) is 21.0. The molecule has 0 radical (unpaired) electrons. The van der Waals surface area contributed by atoms with E-state index >= 15 is 0 Å². The third-order valence-electron chi connectivity index (χ3n) is 5.15. The first kappa shape index (κ1) is 21.4. The zero-order valence-electron chi connectivity index (χ0n) is 16.6. The van der Waals surface area contributed by atoms with E-state index in [9.17, 15) is 14.0 Å². The maximum absolute atomic E-state index is 14.7. The molecule has 1 heterocycles. The van der Waals surface area contributed by atoms with Crippen molar-refractivity contribution in [3.8, 4) is 5.75 Å². The van der Waals surface area contributed by atoms with E-state index in [-0.39, 0.29) is 29.0 Å². The fraction of sp³-hybridized carbons (Fsp3) is 0.455. The summed E-state index contributed by atoms with van der Waals surface area (Å²) in [6, 6.07) is 2.42. The van der Waals surface area contributed by atoms with Crippen LogP contribution in [-0.4, -0.2) is 25.1 Å². The first-order valence-electron chi connectivity index (χ1n) is 9.97. The Morgan fingerprint density at radius 2 is 1.97 bits per heavy atom. The summed E-state index contributed by atoms with van der Waals surface area (Å²) < 4.78 is 25.2. The lowest BCUT2D eigenvalue weighted by atomic mass is 9.93. The highest BCUT2D eigenvalue weighted by molar-refractivity contribution is 6.32. The van der Waals surface area contributed by atoms with Gasteiger partial charge in [0.15, 0.2) is 6.61 Å². The number of allylic oxidation sites excluding steroid dienone is 1. The fourth-order valence-corrected chi connectivity index (χ4v) is 3.83. The lowest BCUT2D eigenvalue weighted by molar-refractivity contribution is -0.146. The molecule has 29 heavy (non-hydrogen) atoms. The number of unbranched alkanes of at least 4 members (excludes halogenated alkanes) is 2. The standard InChI is InChI=1S/C22H25ClFNO4/c1-3-4-7-10-28-21(26)13-29-20-12-19(18(24)11-17(20)23)25-14(2)15-8-5-6-9-16(15)22(25)27/h11-12H,2-10,13H2,1H3. The van der Waals surface area contributed by atoms with Gasteiger partial charge in [-0.25, -0.2) is 9.18 Å². The first-order chi connectivity index (χ1) is 13.9. The number of nitrogens with zero attached hydrogens (tertiary/aromatic N) is 1. The quantitative estimate of drug-likeness (QED) is 0.421. The van der Waals surface area contributed by atoms with Crippen LogP contribution in [0, 0.1) is 5.82 Å². The van der Waals surface area contributed by atoms with Gasteiger partial charge in [-0.3, -0.25) is 9.69 Å². The second-order valence-corrected chi connectivity index (χ2v) is 7.61. The summed E-state index contributed by atoms with van der Waals surface area (Å²) in [5.74, 6) is -1.33. The lowest BCUT2D eigenvalue weighted by Crippen LogP contribution is -2.26. The summed E-state index contributed by atoms with van der Waals surface area (Å²) in [4.78, 5) is 25.9. The molecule has 7 heteroatoms. The van der Waals surface area contributed by atoms with Crippen LogP contribution in [0.1, 0.15) is 51.9 Å². The van der Waals surface area contributed by atoms with Crippen LogP contribution >= 0.6 is 11.6 Å². The predicted octanol–water partition coefficient (Wildman–Crippen LogP) is 5.32. The number of esters is 1. The summed E-state index contributed by atoms with van der Waals surface area (Å²) in [6.07, 6.45) is 6.15. The molecular weight excluding hydrogens is 397 g/mol. The number of carbonyl (C=O) groups is 2. The Balaban J connectivity index is 1.72. The highest BCUT2D eigenvalue weighted by Gasteiger charge is 2.37. The van der Waals surface area contributed by atoms with Gasteiger partial charge in [0.2, 0.25) is 0 Å². The number of halogens is 2. The van der Waals surface area contributed by atoms with Crippen LogP contribution in [0.2, 0.25) is 5.02 Å². The number of carbonyl (C=O) groups excluding carboxylic acids is 2. The second kappa shape index (κ2) is 9.44. The van der Waals surface area contributed by atoms with Crippen LogP contribution in [0.4, 0.5) is 10.1 Å². The van der Waals surface area contributed by atoms with E-state index < -0.39 is 11.8 Å². The van der Waals surface area contributed by atoms with Gasteiger partial charge >= 0.3 is 5.97 Å². The van der Waals surface area contributed by atoms with Crippen molar-refractivity contribution < 1.29 is 23.5 Å². The minimum absolute atomic E-state index is 0.0139. The third-order valence-corrected chi connectivity index (χ3v) is 5.44. The van der Waals surface area contributed by atoms with Crippen molar-refractivity contribution in [3.63, 3.8) is 0 Å². The van der Waals surface area contributed by atoms with E-state index in [1.54, 1.807) is 0 Å². The Hall–Kier alpha value is -2.34. The lowest BCUT2D eigenvalue weighted by Gasteiger charge is -2.21. The number of hydrogen-bond acceptors (Lipinski definition) is 4. The van der Waals surface area contributed by atoms with Crippen molar-refractivity contribution in [2.45, 2.75) is 51.9 Å². The molecular formula is C22H25ClFNO4. The number of hydrogen-bond donors (Lipinski definition) is 0. The molecule has 1 aromatic rings. The smallest absolute Gasteiger partial charge is 0.344 e. The molecule has 0 N–H and O–H groups in total. The van der Waals surface area contributed by atoms with Crippen molar-refractivity contribution in [3.05, 3.63) is 46.4 Å². The second-order valence-electron chi connectivity index (χ2n) is 7.20. The zero-order valence-corrected chi connectivity index (χ0v) is 17.3. The Kier molecular flexibility index (Phi) is 6.96. The molecule has 0 saturated carbocycles. The fourth-order valence-electron chi connectivity index (χ4n) is 3.62. The molecule has 1 aromatic carbocycles. The van der Waals surface area contributed by atoms with Crippen LogP contribution in [0.15, 0.2) is 35.6 Å². The van der Waals surface area contributed by atoms with Gasteiger partial charge in [-0.15, -0.1) is 0 Å². The monoisotopic (exact) mass is 421 g/mol. The largest absolute Gasteiger partial charge is 0.480 e. The minimum atomic E-state index is -0.654. The maximum Gasteiger partial charge on any atom is 0.344 e. The molecule has 156 valence electrons. The van der Waals surface area contributed by atoms with Gasteiger partial charge in [-0.2, -0.15) is 0 Å². The highest BCUT2D eigenvalue weighted by Crippen LogP contribution is 2.43. The number of benzene rings is 1. The van der Waals surface area contributed by atoms with E-state index in [2.05, 4.69) is 13.5 Å². The normalized spacial score (nSPS) is 16.3. The molecule has 0 unspecified atom stereocenters. The summed E-state index contributed by atoms with van der Waals surface area (Å²) in [6.45, 7) is 6.04. The molecule has 0 atom stereocenters. The molecule has 3 rings (SSSR count). The predicted molar refractivity (Wildman–Crippen MR) is 110 cm³/mol. The molecule has 0 fully saturated rings. The SMILES string of the molecule is C=C1C2=C(CCCC2)C(=O)N1c1cc(OCC(=O)OCCCCC)c(Cl)cc1F. The molecule has 0 saturated heterocycles. The summed E-state index contributed by atoms with van der Waals surface area (Å²) in [7, 11) is 0. The molecule has 1 amide bonds. The molecule has 1 aliphatic carbocycles. The van der Waals surface area contributed by atoms with Gasteiger partial charge in [0.25, 0.3) is 5.91 Å². The van der Waals surface area contributed by atoms with Crippen molar-refractivity contribution in [1.82, 2.24) is 0 Å². The molecule has 0 aromatic heterocycles. The maximum atomic E-state index is 14.7. The number of amides is 1. The highest BCUT2D eigenvalue weighted by atomic mass is 35.5. The van der Waals surface area contributed by atoms with Crippen molar-refractivity contribution in [2.75, 3.05) is 18.1 Å². The van der Waals surface area contributed by atoms with E-state index in [1.165, 1.54) is 11.0 Å². The molecule has 0 bridgehead atoms. The molecule has 0 spiro atoms. The van der Waals surface area contributed by atoms with Crippen LogP contribution in [0.5, 0.6) is 5.75 Å². The van der Waals surface area contributed by atoms with Crippen LogP contribution in [-0.2, 0) is 14.3 Å². The summed E-state index contributed by atoms with van der Waals surface area (Å²) in [5.41, 5.74) is 2.11. The van der Waals surface area contributed by atoms with Crippen LogP contribution in [0.25, 0.3) is 0 Å². The van der Waals surface area contributed by atoms with Gasteiger partial charge in [0, 0.05) is 17.3 Å². The Labute approximate surface area is 175 Å². The number of anilines is 1. The first-order valence-corrected chi connectivity index (χ1v) is 10.3. The Morgan fingerprint density at radius 1 is 1.24 bits per heavy atom. The van der Waals surface area contributed by atoms with E-state index in [0.29, 0.717) is 24.3 Å².